The molecule has 4 aromatic rings. The summed E-state index contributed by atoms with van der Waals surface area (Å²) in [5.41, 5.74) is 6.58. The van der Waals surface area contributed by atoms with Gasteiger partial charge < -0.3 is 5.73 Å². The van der Waals surface area contributed by atoms with Crippen molar-refractivity contribution in [3.05, 3.63) is 57.9 Å². The van der Waals surface area contributed by atoms with E-state index in [9.17, 15) is 18.0 Å². The molecule has 4 rings (SSSR count). The van der Waals surface area contributed by atoms with Crippen LogP contribution >= 0.6 is 22.7 Å². The van der Waals surface area contributed by atoms with E-state index in [4.69, 9.17) is 5.73 Å². The Balaban J connectivity index is 1.68. The van der Waals surface area contributed by atoms with E-state index in [1.165, 1.54) is 18.3 Å². The summed E-state index contributed by atoms with van der Waals surface area (Å²) in [6.07, 6.45) is -4.60. The van der Waals surface area contributed by atoms with Crippen molar-refractivity contribution < 1.29 is 18.0 Å². The van der Waals surface area contributed by atoms with Gasteiger partial charge in [-0.25, -0.2) is 9.97 Å². The maximum Gasteiger partial charge on any atom is 0.417 e. The number of thiophene rings is 1. The third kappa shape index (κ3) is 3.68. The van der Waals surface area contributed by atoms with Crippen molar-refractivity contribution in [3.63, 3.8) is 0 Å². The number of nitrogens with two attached hydrogens (primary N) is 1. The van der Waals surface area contributed by atoms with Crippen molar-refractivity contribution in [2.24, 2.45) is 0 Å². The number of aromatic nitrogens is 2. The number of benzene rings is 1. The lowest BCUT2D eigenvalue weighted by atomic mass is 10.1. The average molecular weight is 434 g/mol. The molecule has 3 heterocycles. The van der Waals surface area contributed by atoms with E-state index in [1.807, 2.05) is 30.3 Å². The second-order valence-corrected chi connectivity index (χ2v) is 8.05. The number of carbonyl (C=O) groups excluding carboxylic acids is 1. The van der Waals surface area contributed by atoms with E-state index in [-0.39, 0.29) is 26.5 Å². The van der Waals surface area contributed by atoms with Crippen LogP contribution in [0.3, 0.4) is 0 Å². The van der Waals surface area contributed by atoms with Gasteiger partial charge in [0, 0.05) is 22.0 Å². The van der Waals surface area contributed by atoms with E-state index in [2.05, 4.69) is 15.3 Å². The molecule has 0 radical (unpaired) electrons. The number of nitrogens with zero attached hydrogens (tertiary/aromatic N) is 2. The van der Waals surface area contributed by atoms with Gasteiger partial charge in [0.2, 0.25) is 0 Å². The molecule has 0 unspecified atom stereocenters. The Morgan fingerprint density at radius 1 is 1.17 bits per heavy atom. The molecular weight excluding hydrogens is 421 g/mol. The number of hydrogen-bond donors (Lipinski definition) is 2. The SMILES string of the molecule is Cc1cc(C(F)(F)F)c2c(N)c(C(=O)Nc3nc(-c4ccccc4)cs3)sc2n1. The predicted octanol–water partition coefficient (Wildman–Crippen LogP) is 5.58. The van der Waals surface area contributed by atoms with Gasteiger partial charge in [0.1, 0.15) is 9.71 Å². The molecule has 0 spiro atoms. The Morgan fingerprint density at radius 3 is 2.59 bits per heavy atom. The number of carbonyl (C=O) groups is 1. The lowest BCUT2D eigenvalue weighted by Crippen LogP contribution is -2.12. The van der Waals surface area contributed by atoms with Crippen molar-refractivity contribution in [2.45, 2.75) is 13.1 Å². The standard InChI is InChI=1S/C19H13F3N4OS2/c1-9-7-11(19(20,21)22)13-14(23)15(29-17(13)24-9)16(27)26-18-25-12(8-28-18)10-5-3-2-4-6-10/h2-8H,23H2,1H3,(H,25,26,27). The Kier molecular flexibility index (Phi) is 4.75. The van der Waals surface area contributed by atoms with Gasteiger partial charge in [0.15, 0.2) is 5.13 Å². The number of nitrogens with one attached hydrogen (secondary N) is 1. The number of pyridine rings is 1. The summed E-state index contributed by atoms with van der Waals surface area (Å²) >= 11 is 2.04. The van der Waals surface area contributed by atoms with Crippen molar-refractivity contribution in [2.75, 3.05) is 11.1 Å². The Labute approximate surface area is 171 Å². The molecule has 0 aliphatic heterocycles. The van der Waals surface area contributed by atoms with Crippen molar-refractivity contribution >= 4 is 49.6 Å². The first-order valence-electron chi connectivity index (χ1n) is 8.33. The van der Waals surface area contributed by atoms with Crippen LogP contribution in [0.5, 0.6) is 0 Å². The smallest absolute Gasteiger partial charge is 0.397 e. The van der Waals surface area contributed by atoms with Gasteiger partial charge in [-0.1, -0.05) is 30.3 Å². The molecule has 1 amide bonds. The first kappa shape index (κ1) is 19.3. The zero-order chi connectivity index (χ0) is 20.8. The molecule has 0 saturated heterocycles. The molecule has 0 aliphatic rings. The molecule has 148 valence electrons. The maximum atomic E-state index is 13.4. The molecular formula is C19H13F3N4OS2. The second kappa shape index (κ2) is 7.12. The van der Waals surface area contributed by atoms with Gasteiger partial charge in [-0.2, -0.15) is 13.2 Å². The molecule has 3 N–H and O–H groups in total. The summed E-state index contributed by atoms with van der Waals surface area (Å²) in [5.74, 6) is -0.620. The number of anilines is 2. The fourth-order valence-corrected chi connectivity index (χ4v) is 4.64. The van der Waals surface area contributed by atoms with Crippen LogP contribution in [0.1, 0.15) is 20.9 Å². The number of fused-ring (bicyclic) bond motifs is 1. The third-order valence-corrected chi connectivity index (χ3v) is 5.99. The summed E-state index contributed by atoms with van der Waals surface area (Å²) < 4.78 is 40.2. The summed E-state index contributed by atoms with van der Waals surface area (Å²) in [5, 5.41) is 4.47. The lowest BCUT2D eigenvalue weighted by molar-refractivity contribution is -0.136. The van der Waals surface area contributed by atoms with E-state index in [1.54, 1.807) is 5.38 Å². The highest BCUT2D eigenvalue weighted by Gasteiger charge is 2.36. The number of amides is 1. The van der Waals surface area contributed by atoms with E-state index in [0.29, 0.717) is 10.8 Å². The first-order valence-corrected chi connectivity index (χ1v) is 10.0. The topological polar surface area (TPSA) is 80.9 Å². The highest BCUT2D eigenvalue weighted by molar-refractivity contribution is 7.21. The number of alkyl halides is 3. The Hall–Kier alpha value is -2.98. The van der Waals surface area contributed by atoms with Crippen LogP contribution < -0.4 is 11.1 Å². The molecule has 3 aromatic heterocycles. The van der Waals surface area contributed by atoms with Gasteiger partial charge in [0.25, 0.3) is 5.91 Å². The highest BCUT2D eigenvalue weighted by Crippen LogP contribution is 2.42. The number of nitrogen functional groups attached to an aromatic ring is 1. The summed E-state index contributed by atoms with van der Waals surface area (Å²) in [6, 6.07) is 10.3. The number of halogens is 3. The third-order valence-electron chi connectivity index (χ3n) is 4.13. The molecule has 0 saturated carbocycles. The molecule has 10 heteroatoms. The van der Waals surface area contributed by atoms with Crippen molar-refractivity contribution in [1.29, 1.82) is 0 Å². The molecule has 0 bridgehead atoms. The van der Waals surface area contributed by atoms with Gasteiger partial charge in [-0.3, -0.25) is 10.1 Å². The average Bonchev–Trinajstić information content (AvgIpc) is 3.26. The molecule has 0 atom stereocenters. The number of hydrogen-bond acceptors (Lipinski definition) is 6. The van der Waals surface area contributed by atoms with Crippen LogP contribution in [0, 0.1) is 6.92 Å². The van der Waals surface area contributed by atoms with Gasteiger partial charge in [-0.05, 0) is 13.0 Å². The minimum Gasteiger partial charge on any atom is -0.397 e. The highest BCUT2D eigenvalue weighted by atomic mass is 32.1. The molecule has 29 heavy (non-hydrogen) atoms. The largest absolute Gasteiger partial charge is 0.417 e. The van der Waals surface area contributed by atoms with Crippen LogP contribution in [0.15, 0.2) is 41.8 Å². The molecule has 0 fully saturated rings. The zero-order valence-electron chi connectivity index (χ0n) is 14.9. The predicted molar refractivity (Wildman–Crippen MR) is 109 cm³/mol. The summed E-state index contributed by atoms with van der Waals surface area (Å²) in [6.45, 7) is 1.46. The van der Waals surface area contributed by atoms with Crippen LogP contribution in [-0.4, -0.2) is 15.9 Å². The molecule has 1 aromatic carbocycles. The number of aryl methyl sites for hydroxylation is 1. The first-order chi connectivity index (χ1) is 13.7. The van der Waals surface area contributed by atoms with Crippen LogP contribution in [0.25, 0.3) is 21.5 Å². The van der Waals surface area contributed by atoms with Crippen molar-refractivity contribution in [3.8, 4) is 11.3 Å². The van der Waals surface area contributed by atoms with E-state index in [0.717, 1.165) is 23.0 Å². The fourth-order valence-electron chi connectivity index (χ4n) is 2.86. The Morgan fingerprint density at radius 2 is 1.90 bits per heavy atom. The summed E-state index contributed by atoms with van der Waals surface area (Å²) in [4.78, 5) is 21.2. The van der Waals surface area contributed by atoms with Crippen LogP contribution in [0.4, 0.5) is 24.0 Å². The number of rotatable bonds is 3. The Bertz CT molecular complexity index is 1220. The zero-order valence-corrected chi connectivity index (χ0v) is 16.5. The lowest BCUT2D eigenvalue weighted by Gasteiger charge is -2.09. The van der Waals surface area contributed by atoms with Gasteiger partial charge in [0.05, 0.1) is 16.9 Å². The quantitative estimate of drug-likeness (QED) is 0.441. The van der Waals surface area contributed by atoms with E-state index < -0.39 is 17.6 Å². The second-order valence-electron chi connectivity index (χ2n) is 6.19. The molecule has 5 nitrogen and oxygen atoms in total. The monoisotopic (exact) mass is 434 g/mol. The molecule has 0 aliphatic carbocycles. The minimum atomic E-state index is -4.60. The minimum absolute atomic E-state index is 0.0277. The van der Waals surface area contributed by atoms with Crippen LogP contribution in [-0.2, 0) is 6.18 Å². The van der Waals surface area contributed by atoms with E-state index >= 15 is 0 Å². The van der Waals surface area contributed by atoms with Crippen LogP contribution in [0.2, 0.25) is 0 Å². The normalized spacial score (nSPS) is 11.7. The fraction of sp³-hybridized carbons (Fsp3) is 0.105. The van der Waals surface area contributed by atoms with Gasteiger partial charge in [-0.15, -0.1) is 22.7 Å². The van der Waals surface area contributed by atoms with Crippen molar-refractivity contribution in [1.82, 2.24) is 9.97 Å². The number of thiazole rings is 1. The van der Waals surface area contributed by atoms with Gasteiger partial charge >= 0.3 is 6.18 Å². The maximum absolute atomic E-state index is 13.4. The summed E-state index contributed by atoms with van der Waals surface area (Å²) in [7, 11) is 0.